The van der Waals surface area contributed by atoms with Crippen LogP contribution in [0, 0.1) is 13.8 Å². The molecule has 0 aromatic heterocycles. The van der Waals surface area contributed by atoms with E-state index >= 15 is 0 Å². The molecule has 0 aliphatic carbocycles. The first-order valence-corrected chi connectivity index (χ1v) is 6.88. The number of benzene rings is 2. The first-order valence-electron chi connectivity index (χ1n) is 6.88. The van der Waals surface area contributed by atoms with Crippen molar-refractivity contribution in [1.29, 1.82) is 0 Å². The van der Waals surface area contributed by atoms with E-state index in [1.165, 1.54) is 40.9 Å². The van der Waals surface area contributed by atoms with Gasteiger partial charge in [-0.2, -0.15) is 0 Å². The molecule has 98 valence electrons. The molecule has 2 N–H and O–H groups in total. The molecule has 0 saturated heterocycles. The highest BCUT2D eigenvalue weighted by Gasteiger charge is 2.19. The Morgan fingerprint density at radius 1 is 1.00 bits per heavy atom. The smallest absolute Gasteiger partial charge is 0.0443 e. The third-order valence-corrected chi connectivity index (χ3v) is 3.87. The third kappa shape index (κ3) is 2.19. The Labute approximate surface area is 114 Å². The molecular formula is C17H20N2. The summed E-state index contributed by atoms with van der Waals surface area (Å²) in [7, 11) is 0. The van der Waals surface area contributed by atoms with Gasteiger partial charge < -0.3 is 10.6 Å². The maximum absolute atomic E-state index is 5.85. The van der Waals surface area contributed by atoms with Crippen molar-refractivity contribution in [1.82, 2.24) is 0 Å². The molecule has 0 fully saturated rings. The van der Waals surface area contributed by atoms with Crippen LogP contribution in [0.2, 0.25) is 0 Å². The lowest BCUT2D eigenvalue weighted by Gasteiger charge is -2.32. The van der Waals surface area contributed by atoms with Crippen molar-refractivity contribution in [2.45, 2.75) is 26.7 Å². The van der Waals surface area contributed by atoms with Gasteiger partial charge in [-0.15, -0.1) is 0 Å². The van der Waals surface area contributed by atoms with Crippen LogP contribution < -0.4 is 10.6 Å². The van der Waals surface area contributed by atoms with Crippen LogP contribution in [-0.2, 0) is 6.42 Å². The highest BCUT2D eigenvalue weighted by Crippen LogP contribution is 2.36. The van der Waals surface area contributed by atoms with Crippen molar-refractivity contribution in [3.8, 4) is 0 Å². The van der Waals surface area contributed by atoms with Gasteiger partial charge in [0.2, 0.25) is 0 Å². The first kappa shape index (κ1) is 12.1. The van der Waals surface area contributed by atoms with Gasteiger partial charge in [-0.05, 0) is 62.1 Å². The molecule has 0 spiro atoms. The van der Waals surface area contributed by atoms with Crippen molar-refractivity contribution in [2.75, 3.05) is 17.2 Å². The standard InChI is InChI=1S/C17H20N2/c1-12-5-7-17-14(10-12)4-3-9-19(17)16-8-6-15(18)11-13(16)2/h5-8,10-11H,3-4,9,18H2,1-2H3. The number of hydrogen-bond donors (Lipinski definition) is 1. The van der Waals surface area contributed by atoms with Gasteiger partial charge in [0.05, 0.1) is 0 Å². The second-order valence-electron chi connectivity index (χ2n) is 5.43. The molecule has 0 bridgehead atoms. The first-order chi connectivity index (χ1) is 9.15. The van der Waals surface area contributed by atoms with E-state index < -0.39 is 0 Å². The summed E-state index contributed by atoms with van der Waals surface area (Å²) in [6.45, 7) is 5.38. The average molecular weight is 252 g/mol. The molecule has 0 unspecified atom stereocenters. The minimum absolute atomic E-state index is 0.836. The molecule has 1 aliphatic rings. The zero-order chi connectivity index (χ0) is 13.4. The van der Waals surface area contributed by atoms with Gasteiger partial charge in [0.1, 0.15) is 0 Å². The van der Waals surface area contributed by atoms with Crippen LogP contribution in [0.1, 0.15) is 23.1 Å². The average Bonchev–Trinajstić information content (AvgIpc) is 2.38. The molecule has 2 aromatic rings. The number of nitrogen functional groups attached to an aromatic ring is 1. The lowest BCUT2D eigenvalue weighted by Crippen LogP contribution is -2.25. The summed E-state index contributed by atoms with van der Waals surface area (Å²) in [5, 5.41) is 0. The number of anilines is 3. The van der Waals surface area contributed by atoms with E-state index in [9.17, 15) is 0 Å². The second kappa shape index (κ2) is 4.61. The number of nitrogens with zero attached hydrogens (tertiary/aromatic N) is 1. The van der Waals surface area contributed by atoms with Crippen molar-refractivity contribution in [3.05, 3.63) is 53.1 Å². The number of fused-ring (bicyclic) bond motifs is 1. The molecule has 2 heteroatoms. The Bertz CT molecular complexity index is 617. The van der Waals surface area contributed by atoms with Crippen LogP contribution in [0.4, 0.5) is 17.1 Å². The molecule has 0 amide bonds. The summed E-state index contributed by atoms with van der Waals surface area (Å²) >= 11 is 0. The van der Waals surface area contributed by atoms with Crippen molar-refractivity contribution < 1.29 is 0 Å². The molecule has 2 aromatic carbocycles. The van der Waals surface area contributed by atoms with Crippen LogP contribution in [0.25, 0.3) is 0 Å². The van der Waals surface area contributed by atoms with E-state index in [2.05, 4.69) is 49.1 Å². The van der Waals surface area contributed by atoms with E-state index in [1.807, 2.05) is 6.07 Å². The van der Waals surface area contributed by atoms with E-state index in [0.717, 1.165) is 12.2 Å². The summed E-state index contributed by atoms with van der Waals surface area (Å²) in [5.74, 6) is 0. The quantitative estimate of drug-likeness (QED) is 0.778. The SMILES string of the molecule is Cc1ccc2c(c1)CCCN2c1ccc(N)cc1C. The molecule has 19 heavy (non-hydrogen) atoms. The Morgan fingerprint density at radius 2 is 1.79 bits per heavy atom. The monoisotopic (exact) mass is 252 g/mol. The topological polar surface area (TPSA) is 29.3 Å². The summed E-state index contributed by atoms with van der Waals surface area (Å²) in [5.41, 5.74) is 13.4. The largest absolute Gasteiger partial charge is 0.399 e. The van der Waals surface area contributed by atoms with E-state index in [1.54, 1.807) is 0 Å². The van der Waals surface area contributed by atoms with Crippen LogP contribution >= 0.6 is 0 Å². The van der Waals surface area contributed by atoms with Crippen molar-refractivity contribution in [2.24, 2.45) is 0 Å². The van der Waals surface area contributed by atoms with Crippen LogP contribution in [-0.4, -0.2) is 6.54 Å². The predicted octanol–water partition coefficient (Wildman–Crippen LogP) is 3.97. The summed E-state index contributed by atoms with van der Waals surface area (Å²) in [4.78, 5) is 2.42. The fraction of sp³-hybridized carbons (Fsp3) is 0.294. The number of nitrogens with two attached hydrogens (primary N) is 1. The Kier molecular flexibility index (Phi) is 2.94. The van der Waals surface area contributed by atoms with Crippen LogP contribution in [0.5, 0.6) is 0 Å². The van der Waals surface area contributed by atoms with Gasteiger partial charge in [0.15, 0.2) is 0 Å². The predicted molar refractivity (Wildman–Crippen MR) is 82.1 cm³/mol. The van der Waals surface area contributed by atoms with E-state index in [-0.39, 0.29) is 0 Å². The van der Waals surface area contributed by atoms with Gasteiger partial charge in [-0.3, -0.25) is 0 Å². The molecule has 0 atom stereocenters. The van der Waals surface area contributed by atoms with Gasteiger partial charge in [-0.25, -0.2) is 0 Å². The maximum atomic E-state index is 5.85. The fourth-order valence-electron chi connectivity index (χ4n) is 2.96. The summed E-state index contributed by atoms with van der Waals surface area (Å²) in [6.07, 6.45) is 2.39. The number of rotatable bonds is 1. The third-order valence-electron chi connectivity index (χ3n) is 3.87. The van der Waals surface area contributed by atoms with Gasteiger partial charge in [0, 0.05) is 23.6 Å². The lowest BCUT2D eigenvalue weighted by molar-refractivity contribution is 0.764. The zero-order valence-corrected chi connectivity index (χ0v) is 11.6. The van der Waals surface area contributed by atoms with E-state index in [0.29, 0.717) is 0 Å². The van der Waals surface area contributed by atoms with Crippen LogP contribution in [0.3, 0.4) is 0 Å². The molecule has 0 radical (unpaired) electrons. The Morgan fingerprint density at radius 3 is 2.58 bits per heavy atom. The molecule has 3 rings (SSSR count). The Balaban J connectivity index is 2.08. The Hall–Kier alpha value is -1.96. The second-order valence-corrected chi connectivity index (χ2v) is 5.43. The fourth-order valence-corrected chi connectivity index (χ4v) is 2.96. The lowest BCUT2D eigenvalue weighted by atomic mass is 9.98. The maximum Gasteiger partial charge on any atom is 0.0443 e. The molecule has 1 aliphatic heterocycles. The highest BCUT2D eigenvalue weighted by atomic mass is 15.1. The van der Waals surface area contributed by atoms with Crippen molar-refractivity contribution >= 4 is 17.1 Å². The summed E-state index contributed by atoms with van der Waals surface area (Å²) < 4.78 is 0. The zero-order valence-electron chi connectivity index (χ0n) is 11.6. The van der Waals surface area contributed by atoms with E-state index in [4.69, 9.17) is 5.73 Å². The normalized spacial score (nSPS) is 14.3. The molecular weight excluding hydrogens is 232 g/mol. The summed E-state index contributed by atoms with van der Waals surface area (Å²) in [6, 6.07) is 12.9. The minimum Gasteiger partial charge on any atom is -0.399 e. The van der Waals surface area contributed by atoms with Gasteiger partial charge in [-0.1, -0.05) is 17.7 Å². The van der Waals surface area contributed by atoms with Crippen LogP contribution in [0.15, 0.2) is 36.4 Å². The molecule has 1 heterocycles. The van der Waals surface area contributed by atoms with Crippen molar-refractivity contribution in [3.63, 3.8) is 0 Å². The van der Waals surface area contributed by atoms with Gasteiger partial charge >= 0.3 is 0 Å². The highest BCUT2D eigenvalue weighted by molar-refractivity contribution is 5.72. The molecule has 0 saturated carbocycles. The molecule has 2 nitrogen and oxygen atoms in total. The van der Waals surface area contributed by atoms with Gasteiger partial charge in [0.25, 0.3) is 0 Å². The number of aryl methyl sites for hydroxylation is 3. The number of hydrogen-bond acceptors (Lipinski definition) is 2. The minimum atomic E-state index is 0.836.